The van der Waals surface area contributed by atoms with Crippen LogP contribution in [0.4, 0.5) is 0 Å². The number of nitrogens with zero attached hydrogens (tertiary/aromatic N) is 1. The van der Waals surface area contributed by atoms with Gasteiger partial charge in [-0.05, 0) is 36.9 Å². The minimum absolute atomic E-state index is 0.624. The molecule has 2 aromatic carbocycles. The van der Waals surface area contributed by atoms with Gasteiger partial charge in [0.1, 0.15) is 5.75 Å². The molecule has 20 heavy (non-hydrogen) atoms. The van der Waals surface area contributed by atoms with Gasteiger partial charge in [0.15, 0.2) is 0 Å². The molecule has 1 N–H and O–H groups in total. The first-order valence-corrected chi connectivity index (χ1v) is 7.25. The minimum Gasteiger partial charge on any atom is -0.496 e. The molecule has 0 saturated carbocycles. The summed E-state index contributed by atoms with van der Waals surface area (Å²) in [5.41, 5.74) is 1.29. The Morgan fingerprint density at radius 2 is 2.10 bits per heavy atom. The van der Waals surface area contributed by atoms with E-state index in [2.05, 4.69) is 53.7 Å². The molecule has 1 saturated heterocycles. The second-order valence-electron chi connectivity index (χ2n) is 5.53. The van der Waals surface area contributed by atoms with Crippen molar-refractivity contribution in [2.24, 2.45) is 0 Å². The zero-order valence-corrected chi connectivity index (χ0v) is 12.2. The van der Waals surface area contributed by atoms with Gasteiger partial charge in [-0.15, -0.1) is 0 Å². The normalized spacial score (nSPS) is 18.9. The molecule has 106 valence electrons. The number of hydrogen-bond acceptors (Lipinski definition) is 3. The van der Waals surface area contributed by atoms with Gasteiger partial charge >= 0.3 is 0 Å². The maximum absolute atomic E-state index is 5.57. The van der Waals surface area contributed by atoms with Crippen molar-refractivity contribution in [2.75, 3.05) is 27.2 Å². The largest absolute Gasteiger partial charge is 0.496 e. The van der Waals surface area contributed by atoms with Gasteiger partial charge in [0.2, 0.25) is 0 Å². The van der Waals surface area contributed by atoms with Crippen LogP contribution in [0.15, 0.2) is 36.4 Å². The first-order valence-electron chi connectivity index (χ1n) is 7.25. The smallest absolute Gasteiger partial charge is 0.123 e. The van der Waals surface area contributed by atoms with Crippen LogP contribution in [-0.2, 0) is 6.54 Å². The zero-order valence-electron chi connectivity index (χ0n) is 12.2. The van der Waals surface area contributed by atoms with Gasteiger partial charge < -0.3 is 10.1 Å². The van der Waals surface area contributed by atoms with Crippen LogP contribution in [0.1, 0.15) is 12.0 Å². The molecule has 0 aliphatic carbocycles. The highest BCUT2D eigenvalue weighted by molar-refractivity contribution is 5.87. The summed E-state index contributed by atoms with van der Waals surface area (Å²) >= 11 is 0. The van der Waals surface area contributed by atoms with Crippen LogP contribution < -0.4 is 10.1 Å². The van der Waals surface area contributed by atoms with E-state index in [9.17, 15) is 0 Å². The van der Waals surface area contributed by atoms with Crippen molar-refractivity contribution >= 4 is 10.8 Å². The first kappa shape index (κ1) is 13.4. The lowest BCUT2D eigenvalue weighted by atomic mass is 10.0. The molecule has 1 aliphatic rings. The lowest BCUT2D eigenvalue weighted by Crippen LogP contribution is -2.33. The molecule has 3 nitrogen and oxygen atoms in total. The van der Waals surface area contributed by atoms with E-state index in [-0.39, 0.29) is 0 Å². The second-order valence-corrected chi connectivity index (χ2v) is 5.53. The molecular weight excluding hydrogens is 248 g/mol. The molecule has 0 radical (unpaired) electrons. The van der Waals surface area contributed by atoms with E-state index in [1.165, 1.54) is 22.8 Å². The third kappa shape index (κ3) is 2.51. The van der Waals surface area contributed by atoms with Crippen LogP contribution in [0.5, 0.6) is 5.75 Å². The van der Waals surface area contributed by atoms with Crippen molar-refractivity contribution < 1.29 is 4.74 Å². The van der Waals surface area contributed by atoms with E-state index >= 15 is 0 Å². The highest BCUT2D eigenvalue weighted by atomic mass is 16.5. The molecule has 3 rings (SSSR count). The van der Waals surface area contributed by atoms with Crippen LogP contribution in [0.2, 0.25) is 0 Å². The summed E-state index contributed by atoms with van der Waals surface area (Å²) in [6.07, 6.45) is 1.23. The summed E-state index contributed by atoms with van der Waals surface area (Å²) in [7, 11) is 3.96. The van der Waals surface area contributed by atoms with E-state index in [1.807, 2.05) is 0 Å². The topological polar surface area (TPSA) is 24.5 Å². The van der Waals surface area contributed by atoms with E-state index < -0.39 is 0 Å². The number of fused-ring (bicyclic) bond motifs is 1. The standard InChI is InChI=1S/C17H22N2O/c1-19(14-9-10-18-11-14)12-16-15-6-4-3-5-13(15)7-8-17(16)20-2/h3-8,14,18H,9-12H2,1-2H3. The van der Waals surface area contributed by atoms with Gasteiger partial charge in [0, 0.05) is 24.7 Å². The minimum atomic E-state index is 0.624. The molecule has 3 heteroatoms. The molecule has 0 spiro atoms. The zero-order chi connectivity index (χ0) is 13.9. The molecule has 1 unspecified atom stereocenters. The average Bonchev–Trinajstić information content (AvgIpc) is 3.02. The van der Waals surface area contributed by atoms with Gasteiger partial charge in [-0.1, -0.05) is 30.3 Å². The molecule has 0 aromatic heterocycles. The summed E-state index contributed by atoms with van der Waals surface area (Å²) in [5.74, 6) is 0.988. The molecule has 0 amide bonds. The van der Waals surface area contributed by atoms with E-state index in [0.29, 0.717) is 6.04 Å². The number of benzene rings is 2. The molecule has 1 atom stereocenters. The predicted molar refractivity (Wildman–Crippen MR) is 83.2 cm³/mol. The third-order valence-electron chi connectivity index (χ3n) is 4.28. The SMILES string of the molecule is COc1ccc2ccccc2c1CN(C)C1CCNC1. The van der Waals surface area contributed by atoms with Crippen LogP contribution in [0.25, 0.3) is 10.8 Å². The number of hydrogen-bond donors (Lipinski definition) is 1. The van der Waals surface area contributed by atoms with Crippen molar-refractivity contribution in [1.29, 1.82) is 0 Å². The number of rotatable bonds is 4. The maximum Gasteiger partial charge on any atom is 0.123 e. The molecule has 1 aliphatic heterocycles. The van der Waals surface area contributed by atoms with Crippen LogP contribution in [0.3, 0.4) is 0 Å². The summed E-state index contributed by atoms with van der Waals surface area (Å²) in [5, 5.41) is 6.01. The molecular formula is C17H22N2O. The summed E-state index contributed by atoms with van der Waals surface area (Å²) in [4.78, 5) is 2.43. The lowest BCUT2D eigenvalue weighted by molar-refractivity contribution is 0.246. The van der Waals surface area contributed by atoms with Crippen molar-refractivity contribution in [3.63, 3.8) is 0 Å². The third-order valence-corrected chi connectivity index (χ3v) is 4.28. The fourth-order valence-electron chi connectivity index (χ4n) is 3.06. The van der Waals surface area contributed by atoms with E-state index in [1.54, 1.807) is 7.11 Å². The number of ether oxygens (including phenoxy) is 1. The predicted octanol–water partition coefficient (Wildman–Crippen LogP) is 2.64. The highest BCUT2D eigenvalue weighted by Crippen LogP contribution is 2.29. The van der Waals surface area contributed by atoms with E-state index in [4.69, 9.17) is 4.74 Å². The Hall–Kier alpha value is -1.58. The Morgan fingerprint density at radius 1 is 1.25 bits per heavy atom. The number of likely N-dealkylation sites (N-methyl/N-ethyl adjacent to an activating group) is 1. The monoisotopic (exact) mass is 270 g/mol. The summed E-state index contributed by atoms with van der Waals surface area (Å²) in [6.45, 7) is 3.14. The number of methoxy groups -OCH3 is 1. The Bertz CT molecular complexity index is 591. The fourth-order valence-corrected chi connectivity index (χ4v) is 3.06. The van der Waals surface area contributed by atoms with Crippen molar-refractivity contribution in [2.45, 2.75) is 19.0 Å². The van der Waals surface area contributed by atoms with Gasteiger partial charge in [0.25, 0.3) is 0 Å². The first-order chi connectivity index (χ1) is 9.79. The van der Waals surface area contributed by atoms with Gasteiger partial charge in [0.05, 0.1) is 7.11 Å². The fraction of sp³-hybridized carbons (Fsp3) is 0.412. The van der Waals surface area contributed by atoms with Gasteiger partial charge in [-0.2, -0.15) is 0 Å². The second kappa shape index (κ2) is 5.81. The molecule has 1 heterocycles. The molecule has 1 fully saturated rings. The van der Waals surface area contributed by atoms with E-state index in [0.717, 1.165) is 25.4 Å². The lowest BCUT2D eigenvalue weighted by Gasteiger charge is -2.25. The Morgan fingerprint density at radius 3 is 2.85 bits per heavy atom. The van der Waals surface area contributed by atoms with Gasteiger partial charge in [-0.3, -0.25) is 4.90 Å². The Balaban J connectivity index is 1.95. The van der Waals surface area contributed by atoms with Crippen LogP contribution in [-0.4, -0.2) is 38.2 Å². The highest BCUT2D eigenvalue weighted by Gasteiger charge is 2.20. The van der Waals surface area contributed by atoms with Crippen LogP contribution in [0, 0.1) is 0 Å². The molecule has 0 bridgehead atoms. The summed E-state index contributed by atoms with van der Waals surface area (Å²) < 4.78 is 5.57. The average molecular weight is 270 g/mol. The van der Waals surface area contributed by atoms with Crippen molar-refractivity contribution in [3.8, 4) is 5.75 Å². The van der Waals surface area contributed by atoms with Gasteiger partial charge in [-0.25, -0.2) is 0 Å². The quantitative estimate of drug-likeness (QED) is 0.924. The summed E-state index contributed by atoms with van der Waals surface area (Å²) in [6, 6.07) is 13.4. The Labute approximate surface area is 120 Å². The molecule has 2 aromatic rings. The number of nitrogens with one attached hydrogen (secondary N) is 1. The van der Waals surface area contributed by atoms with Crippen molar-refractivity contribution in [1.82, 2.24) is 10.2 Å². The maximum atomic E-state index is 5.57. The van der Waals surface area contributed by atoms with Crippen LogP contribution >= 0.6 is 0 Å². The Kier molecular flexibility index (Phi) is 3.90. The van der Waals surface area contributed by atoms with Crippen molar-refractivity contribution in [3.05, 3.63) is 42.0 Å².